The highest BCUT2D eigenvalue weighted by atomic mass is 79.9. The van der Waals surface area contributed by atoms with Crippen LogP contribution in [0.25, 0.3) is 0 Å². The minimum absolute atomic E-state index is 0.151. The van der Waals surface area contributed by atoms with Gasteiger partial charge in [-0.2, -0.15) is 8.78 Å². The summed E-state index contributed by atoms with van der Waals surface area (Å²) in [5.41, 5.74) is -2.88. The molecule has 3 rings (SSSR count). The number of amides is 3. The molecule has 0 bridgehead atoms. The molecule has 0 spiro atoms. The Morgan fingerprint density at radius 3 is 2.21 bits per heavy atom. The largest absolute Gasteiger partial charge is 0.378 e. The van der Waals surface area contributed by atoms with Crippen LogP contribution in [0.1, 0.15) is 16.8 Å². The Labute approximate surface area is 211 Å². The van der Waals surface area contributed by atoms with Crippen molar-refractivity contribution in [1.82, 2.24) is 0 Å². The van der Waals surface area contributed by atoms with Gasteiger partial charge in [-0.05, 0) is 30.7 Å². The van der Waals surface area contributed by atoms with Gasteiger partial charge in [-0.25, -0.2) is 13.2 Å². The van der Waals surface area contributed by atoms with Crippen molar-refractivity contribution in [2.24, 2.45) is 5.92 Å². The Hall–Kier alpha value is -2.15. The molecule has 0 heterocycles. The number of benzene rings is 2. The van der Waals surface area contributed by atoms with Gasteiger partial charge in [-0.1, -0.05) is 11.6 Å². The van der Waals surface area contributed by atoms with Crippen LogP contribution in [-0.4, -0.2) is 26.9 Å². The number of nitrogens with one attached hydrogen (secondary N) is 3. The molecule has 0 aliphatic heterocycles. The highest BCUT2D eigenvalue weighted by Crippen LogP contribution is 2.53. The molecule has 6 nitrogen and oxygen atoms in total. The Bertz CT molecular complexity index is 1210. The highest BCUT2D eigenvalue weighted by Gasteiger charge is 2.56. The standard InChI is InChI=1S/C19H10BrCl3F5N3O3/c20-19(27,28)17(34)30-11-2-1-9(24)14(13(11)26)31-15(32)7-3-6(4-10(25)12(7)21)29-16(33)8-5-18(8,22)23/h1-4,8H,5H2,(H,29,33)(H,30,34)(H,31,32)/t8-/m1/s1. The van der Waals surface area contributed by atoms with Crippen molar-refractivity contribution in [3.8, 4) is 0 Å². The Balaban J connectivity index is 1.86. The second-order valence-corrected chi connectivity index (χ2v) is 9.93. The Morgan fingerprint density at radius 1 is 1.03 bits per heavy atom. The molecule has 3 N–H and O–H groups in total. The van der Waals surface area contributed by atoms with Gasteiger partial charge in [0, 0.05) is 21.6 Å². The predicted octanol–water partition coefficient (Wildman–Crippen LogP) is 6.07. The van der Waals surface area contributed by atoms with Crippen molar-refractivity contribution in [3.05, 3.63) is 52.3 Å². The summed E-state index contributed by atoms with van der Waals surface area (Å²) >= 11 is 19.2. The maximum atomic E-state index is 14.6. The first-order valence-corrected chi connectivity index (χ1v) is 10.9. The van der Waals surface area contributed by atoms with E-state index in [1.807, 2.05) is 0 Å². The summed E-state index contributed by atoms with van der Waals surface area (Å²) in [5, 5.41) is 4.88. The molecule has 3 amide bonds. The van der Waals surface area contributed by atoms with Gasteiger partial charge in [-0.15, -0.1) is 23.2 Å². The third-order valence-corrected chi connectivity index (χ3v) is 6.10. The fourth-order valence-electron chi connectivity index (χ4n) is 2.69. The van der Waals surface area contributed by atoms with Crippen LogP contribution in [0.4, 0.5) is 39.0 Å². The fraction of sp³-hybridized carbons (Fsp3) is 0.211. The number of rotatable bonds is 6. The molecule has 1 saturated carbocycles. The third-order valence-electron chi connectivity index (χ3n) is 4.52. The van der Waals surface area contributed by atoms with E-state index in [9.17, 15) is 36.3 Å². The maximum Gasteiger partial charge on any atom is 0.378 e. The summed E-state index contributed by atoms with van der Waals surface area (Å²) in [7, 11) is 0. The summed E-state index contributed by atoms with van der Waals surface area (Å²) in [6.07, 6.45) is 0.151. The zero-order chi connectivity index (χ0) is 25.6. The predicted molar refractivity (Wildman–Crippen MR) is 119 cm³/mol. The van der Waals surface area contributed by atoms with E-state index in [4.69, 9.17) is 34.8 Å². The van der Waals surface area contributed by atoms with Crippen LogP contribution >= 0.6 is 50.7 Å². The van der Waals surface area contributed by atoms with Crippen molar-refractivity contribution in [2.75, 3.05) is 16.0 Å². The van der Waals surface area contributed by atoms with E-state index in [0.29, 0.717) is 12.1 Å². The summed E-state index contributed by atoms with van der Waals surface area (Å²) in [5.74, 6) is -8.81. The van der Waals surface area contributed by atoms with Gasteiger partial charge in [0.25, 0.3) is 5.91 Å². The van der Waals surface area contributed by atoms with Crippen molar-refractivity contribution >= 4 is 85.5 Å². The first-order valence-electron chi connectivity index (χ1n) is 8.97. The minimum atomic E-state index is -4.06. The average Bonchev–Trinajstić information content (AvgIpc) is 3.37. The number of hydrogen-bond donors (Lipinski definition) is 3. The van der Waals surface area contributed by atoms with Crippen molar-refractivity contribution < 1.29 is 36.3 Å². The van der Waals surface area contributed by atoms with Gasteiger partial charge < -0.3 is 16.0 Å². The monoisotopic (exact) mass is 607 g/mol. The molecule has 1 aliphatic rings. The molecule has 0 saturated heterocycles. The smallest absolute Gasteiger partial charge is 0.326 e. The van der Waals surface area contributed by atoms with Crippen molar-refractivity contribution in [2.45, 2.75) is 15.6 Å². The van der Waals surface area contributed by atoms with Crippen LogP contribution in [-0.2, 0) is 9.59 Å². The lowest BCUT2D eigenvalue weighted by molar-refractivity contribution is -0.128. The molecule has 0 radical (unpaired) electrons. The molecule has 2 aromatic rings. The molecule has 15 heteroatoms. The molecule has 182 valence electrons. The lowest BCUT2D eigenvalue weighted by Gasteiger charge is -2.15. The molecule has 0 aromatic heterocycles. The summed E-state index contributed by atoms with van der Waals surface area (Å²) < 4.78 is 67.8. The molecule has 0 unspecified atom stereocenters. The highest BCUT2D eigenvalue weighted by molar-refractivity contribution is 9.10. The number of alkyl halides is 5. The van der Waals surface area contributed by atoms with Crippen molar-refractivity contribution in [3.63, 3.8) is 0 Å². The second kappa shape index (κ2) is 9.48. The van der Waals surface area contributed by atoms with E-state index in [-0.39, 0.29) is 12.1 Å². The molecule has 2 aromatic carbocycles. The number of hydrogen-bond acceptors (Lipinski definition) is 3. The van der Waals surface area contributed by atoms with E-state index in [2.05, 4.69) is 5.32 Å². The average molecular weight is 610 g/mol. The zero-order valence-corrected chi connectivity index (χ0v) is 20.1. The maximum absolute atomic E-state index is 14.6. The normalized spacial score (nSPS) is 16.6. The second-order valence-electron chi connectivity index (χ2n) is 7.02. The quantitative estimate of drug-likeness (QED) is 0.275. The van der Waals surface area contributed by atoms with Crippen LogP contribution in [0.3, 0.4) is 0 Å². The minimum Gasteiger partial charge on any atom is -0.326 e. The first kappa shape index (κ1) is 26.5. The molecule has 1 atom stereocenters. The van der Waals surface area contributed by atoms with Gasteiger partial charge in [-0.3, -0.25) is 14.4 Å². The molecule has 1 aliphatic carbocycles. The lowest BCUT2D eigenvalue weighted by Crippen LogP contribution is -2.29. The van der Waals surface area contributed by atoms with Crippen LogP contribution in [0.5, 0.6) is 0 Å². The van der Waals surface area contributed by atoms with Crippen molar-refractivity contribution in [1.29, 1.82) is 0 Å². The van der Waals surface area contributed by atoms with Crippen LogP contribution < -0.4 is 16.0 Å². The Morgan fingerprint density at radius 2 is 1.65 bits per heavy atom. The molecule has 34 heavy (non-hydrogen) atoms. The van der Waals surface area contributed by atoms with E-state index in [0.717, 1.165) is 12.1 Å². The number of halogens is 9. The molecule has 1 fully saturated rings. The summed E-state index contributed by atoms with van der Waals surface area (Å²) in [6.45, 7) is 0. The summed E-state index contributed by atoms with van der Waals surface area (Å²) in [6, 6.07) is 2.95. The zero-order valence-electron chi connectivity index (χ0n) is 16.2. The van der Waals surface area contributed by atoms with Gasteiger partial charge in [0.05, 0.1) is 22.2 Å². The van der Waals surface area contributed by atoms with Gasteiger partial charge in [0.1, 0.15) is 21.7 Å². The number of anilines is 3. The van der Waals surface area contributed by atoms with E-state index in [1.54, 1.807) is 21.2 Å². The fourth-order valence-corrected chi connectivity index (χ4v) is 3.49. The lowest BCUT2D eigenvalue weighted by atomic mass is 10.1. The number of carbonyl (C=O) groups is 3. The van der Waals surface area contributed by atoms with E-state index in [1.165, 1.54) is 5.32 Å². The molecular formula is C19H10BrCl3F5N3O3. The third kappa shape index (κ3) is 5.73. The number of carbonyl (C=O) groups excluding carboxylic acids is 3. The van der Waals surface area contributed by atoms with Crippen LogP contribution in [0, 0.1) is 23.4 Å². The van der Waals surface area contributed by atoms with Gasteiger partial charge in [0.15, 0.2) is 5.82 Å². The topological polar surface area (TPSA) is 87.3 Å². The van der Waals surface area contributed by atoms with Crippen LogP contribution in [0.2, 0.25) is 5.02 Å². The SMILES string of the molecule is O=C(Nc1c(F)ccc(NC(=O)C(F)(F)Br)c1F)c1cc(NC(=O)[C@H]2CC2(Cl)Cl)cc(F)c1Cl. The first-order chi connectivity index (χ1) is 15.6. The van der Waals surface area contributed by atoms with Gasteiger partial charge >= 0.3 is 10.7 Å². The van der Waals surface area contributed by atoms with Gasteiger partial charge in [0.2, 0.25) is 5.91 Å². The molecular weight excluding hydrogens is 599 g/mol. The van der Waals surface area contributed by atoms with E-state index >= 15 is 0 Å². The van der Waals surface area contributed by atoms with E-state index < -0.39 is 72.2 Å². The summed E-state index contributed by atoms with van der Waals surface area (Å²) in [4.78, 5) is 32.0. The van der Waals surface area contributed by atoms with Crippen LogP contribution in [0.15, 0.2) is 24.3 Å². The Kier molecular flexibility index (Phi) is 7.38.